The number of nitrogens with one attached hydrogen (secondary N) is 1. The number of ether oxygens (including phenoxy) is 4. The lowest BCUT2D eigenvalue weighted by Crippen LogP contribution is -2.31. The molecule has 0 unspecified atom stereocenters. The van der Waals surface area contributed by atoms with Crippen molar-refractivity contribution in [2.24, 2.45) is 0 Å². The zero-order valence-corrected chi connectivity index (χ0v) is 19.4. The van der Waals surface area contributed by atoms with E-state index in [4.69, 9.17) is 18.9 Å². The molecule has 11 heteroatoms. The molecule has 1 amide bonds. The van der Waals surface area contributed by atoms with Crippen molar-refractivity contribution in [2.45, 2.75) is 12.8 Å². The molecule has 0 aromatic heterocycles. The highest BCUT2D eigenvalue weighted by molar-refractivity contribution is 7.92. The number of sulfonamides is 1. The smallest absolute Gasteiger partial charge is 0.337 e. The van der Waals surface area contributed by atoms with Crippen LogP contribution in [-0.2, 0) is 19.6 Å². The van der Waals surface area contributed by atoms with E-state index in [2.05, 4.69) is 5.32 Å². The van der Waals surface area contributed by atoms with Crippen LogP contribution in [0.1, 0.15) is 23.2 Å². The summed E-state index contributed by atoms with van der Waals surface area (Å²) in [6, 6.07) is 9.44. The van der Waals surface area contributed by atoms with Gasteiger partial charge in [0, 0.05) is 19.0 Å². The average Bonchev–Trinajstić information content (AvgIpc) is 2.80. The van der Waals surface area contributed by atoms with Crippen molar-refractivity contribution in [3.63, 3.8) is 0 Å². The Hall–Kier alpha value is -3.47. The SMILES string of the molecule is COC(=O)c1ccc(OC)c(NC(=O)CCCN(c2ccc3c(c2)OCCO3)S(C)(=O)=O)c1. The van der Waals surface area contributed by atoms with Gasteiger partial charge in [-0.25, -0.2) is 13.2 Å². The van der Waals surface area contributed by atoms with Gasteiger partial charge in [0.25, 0.3) is 0 Å². The zero-order valence-electron chi connectivity index (χ0n) is 18.6. The second-order valence-corrected chi connectivity index (χ2v) is 9.13. The molecule has 2 aromatic carbocycles. The topological polar surface area (TPSA) is 120 Å². The molecule has 2 aromatic rings. The molecule has 0 radical (unpaired) electrons. The van der Waals surface area contributed by atoms with E-state index >= 15 is 0 Å². The van der Waals surface area contributed by atoms with Crippen LogP contribution in [0.5, 0.6) is 17.2 Å². The van der Waals surface area contributed by atoms with E-state index in [1.165, 1.54) is 30.7 Å². The minimum atomic E-state index is -3.60. The maximum Gasteiger partial charge on any atom is 0.337 e. The number of esters is 1. The molecule has 3 rings (SSSR count). The Morgan fingerprint density at radius 1 is 1.06 bits per heavy atom. The lowest BCUT2D eigenvalue weighted by molar-refractivity contribution is -0.116. The second-order valence-electron chi connectivity index (χ2n) is 7.22. The van der Waals surface area contributed by atoms with Crippen molar-refractivity contribution in [3.8, 4) is 17.2 Å². The number of hydrogen-bond donors (Lipinski definition) is 1. The summed E-state index contributed by atoms with van der Waals surface area (Å²) in [7, 11) is -0.888. The lowest BCUT2D eigenvalue weighted by Gasteiger charge is -2.25. The fourth-order valence-corrected chi connectivity index (χ4v) is 4.28. The molecule has 33 heavy (non-hydrogen) atoms. The van der Waals surface area contributed by atoms with Gasteiger partial charge in [0.15, 0.2) is 11.5 Å². The molecule has 1 N–H and O–H groups in total. The third-order valence-corrected chi connectivity index (χ3v) is 6.07. The molecule has 0 spiro atoms. The summed E-state index contributed by atoms with van der Waals surface area (Å²) in [4.78, 5) is 24.3. The van der Waals surface area contributed by atoms with Crippen molar-refractivity contribution < 1.29 is 37.0 Å². The van der Waals surface area contributed by atoms with E-state index in [1.54, 1.807) is 24.3 Å². The second kappa shape index (κ2) is 10.4. The summed E-state index contributed by atoms with van der Waals surface area (Å²) < 4.78 is 46.9. The summed E-state index contributed by atoms with van der Waals surface area (Å²) in [5, 5.41) is 2.70. The van der Waals surface area contributed by atoms with E-state index in [1.807, 2.05) is 0 Å². The minimum Gasteiger partial charge on any atom is -0.495 e. The first kappa shape index (κ1) is 24.2. The molecule has 178 valence electrons. The Labute approximate surface area is 192 Å². The molecule has 1 heterocycles. The first-order valence-electron chi connectivity index (χ1n) is 10.2. The van der Waals surface area contributed by atoms with Crippen LogP contribution in [-0.4, -0.2) is 60.5 Å². The lowest BCUT2D eigenvalue weighted by atomic mass is 10.1. The van der Waals surface area contributed by atoms with E-state index in [0.717, 1.165) is 6.26 Å². The van der Waals surface area contributed by atoms with Crippen LogP contribution >= 0.6 is 0 Å². The Kier molecular flexibility index (Phi) is 7.64. The molecule has 1 aliphatic heterocycles. The molecular formula is C22H26N2O8S. The molecule has 0 aliphatic carbocycles. The van der Waals surface area contributed by atoms with Gasteiger partial charge in [-0.2, -0.15) is 0 Å². The van der Waals surface area contributed by atoms with E-state index in [9.17, 15) is 18.0 Å². The zero-order chi connectivity index (χ0) is 24.0. The maximum absolute atomic E-state index is 12.5. The van der Waals surface area contributed by atoms with Crippen molar-refractivity contribution >= 4 is 33.3 Å². The van der Waals surface area contributed by atoms with Gasteiger partial charge < -0.3 is 24.3 Å². The van der Waals surface area contributed by atoms with Crippen LogP contribution in [0.4, 0.5) is 11.4 Å². The standard InChI is InChI=1S/C22H26N2O8S/c1-29-18-8-6-15(22(26)30-2)13-17(18)23-21(25)5-4-10-24(33(3,27)28)16-7-9-19-20(14-16)32-12-11-31-19/h6-9,13-14H,4-5,10-12H2,1-3H3,(H,23,25). The molecule has 0 fully saturated rings. The Morgan fingerprint density at radius 2 is 1.79 bits per heavy atom. The number of fused-ring (bicyclic) bond motifs is 1. The molecule has 0 saturated carbocycles. The summed E-state index contributed by atoms with van der Waals surface area (Å²) >= 11 is 0. The molecular weight excluding hydrogens is 452 g/mol. The van der Waals surface area contributed by atoms with Crippen LogP contribution in [0, 0.1) is 0 Å². The molecule has 0 bridgehead atoms. The monoisotopic (exact) mass is 478 g/mol. The number of carbonyl (C=O) groups is 2. The Bertz CT molecular complexity index is 1130. The fourth-order valence-electron chi connectivity index (χ4n) is 3.32. The van der Waals surface area contributed by atoms with E-state index in [0.29, 0.717) is 41.8 Å². The maximum atomic E-state index is 12.5. The third kappa shape index (κ3) is 6.07. The number of nitrogens with zero attached hydrogens (tertiary/aromatic N) is 1. The van der Waals surface area contributed by atoms with Crippen LogP contribution in [0.3, 0.4) is 0 Å². The highest BCUT2D eigenvalue weighted by atomic mass is 32.2. The fraction of sp³-hybridized carbons (Fsp3) is 0.364. The largest absolute Gasteiger partial charge is 0.495 e. The normalized spacial score (nSPS) is 12.6. The number of hydrogen-bond acceptors (Lipinski definition) is 8. The van der Waals surface area contributed by atoms with Crippen LogP contribution in [0.25, 0.3) is 0 Å². The van der Waals surface area contributed by atoms with Gasteiger partial charge in [0.05, 0.1) is 37.4 Å². The van der Waals surface area contributed by atoms with Crippen LogP contribution in [0.2, 0.25) is 0 Å². The molecule has 0 saturated heterocycles. The quantitative estimate of drug-likeness (QED) is 0.546. The average molecular weight is 479 g/mol. The highest BCUT2D eigenvalue weighted by Crippen LogP contribution is 2.35. The van der Waals surface area contributed by atoms with Crippen molar-refractivity contribution in [1.29, 1.82) is 0 Å². The first-order chi connectivity index (χ1) is 15.7. The Morgan fingerprint density at radius 3 is 2.45 bits per heavy atom. The molecule has 0 atom stereocenters. The number of carbonyl (C=O) groups excluding carboxylic acids is 2. The summed E-state index contributed by atoms with van der Waals surface area (Å²) in [6.45, 7) is 0.909. The first-order valence-corrected chi connectivity index (χ1v) is 12.0. The summed E-state index contributed by atoms with van der Waals surface area (Å²) in [5.41, 5.74) is 1.00. The van der Waals surface area contributed by atoms with E-state index in [-0.39, 0.29) is 30.9 Å². The molecule has 10 nitrogen and oxygen atoms in total. The van der Waals surface area contributed by atoms with Gasteiger partial charge in [-0.05, 0) is 36.8 Å². The van der Waals surface area contributed by atoms with Gasteiger partial charge in [0.1, 0.15) is 19.0 Å². The predicted molar refractivity (Wildman–Crippen MR) is 122 cm³/mol. The highest BCUT2D eigenvalue weighted by Gasteiger charge is 2.21. The molecule has 1 aliphatic rings. The van der Waals surface area contributed by atoms with E-state index < -0.39 is 16.0 Å². The van der Waals surface area contributed by atoms with Gasteiger partial charge in [-0.3, -0.25) is 9.10 Å². The van der Waals surface area contributed by atoms with Crippen molar-refractivity contribution in [2.75, 3.05) is 49.9 Å². The number of rotatable bonds is 9. The predicted octanol–water partition coefficient (Wildman–Crippen LogP) is 2.44. The number of anilines is 2. The van der Waals surface area contributed by atoms with Gasteiger partial charge in [-0.1, -0.05) is 0 Å². The Balaban J connectivity index is 1.66. The number of amides is 1. The van der Waals surface area contributed by atoms with Gasteiger partial charge in [-0.15, -0.1) is 0 Å². The van der Waals surface area contributed by atoms with Gasteiger partial charge in [0.2, 0.25) is 15.9 Å². The summed E-state index contributed by atoms with van der Waals surface area (Å²) in [5.74, 6) is 0.510. The minimum absolute atomic E-state index is 0.0438. The van der Waals surface area contributed by atoms with Gasteiger partial charge >= 0.3 is 5.97 Å². The third-order valence-electron chi connectivity index (χ3n) is 4.87. The summed E-state index contributed by atoms with van der Waals surface area (Å²) in [6.07, 6.45) is 1.40. The van der Waals surface area contributed by atoms with Crippen LogP contribution < -0.4 is 23.8 Å². The number of methoxy groups -OCH3 is 2. The van der Waals surface area contributed by atoms with Crippen molar-refractivity contribution in [3.05, 3.63) is 42.0 Å². The number of benzene rings is 2. The van der Waals surface area contributed by atoms with Crippen molar-refractivity contribution in [1.82, 2.24) is 0 Å². The van der Waals surface area contributed by atoms with Crippen LogP contribution in [0.15, 0.2) is 36.4 Å².